The Hall–Kier alpha value is -2.89. The molecule has 2 aromatic carbocycles. The molecule has 2 atom stereocenters. The van der Waals surface area contributed by atoms with Gasteiger partial charge in [-0.3, -0.25) is 19.3 Å². The predicted molar refractivity (Wildman–Crippen MR) is 109 cm³/mol. The number of benzene rings is 2. The maximum atomic E-state index is 12.4. The van der Waals surface area contributed by atoms with E-state index >= 15 is 0 Å². The molecule has 0 bridgehead atoms. The topological polar surface area (TPSA) is 75.7 Å². The molecule has 1 saturated carbocycles. The first-order valence-electron chi connectivity index (χ1n) is 10.4. The molecule has 0 spiro atoms. The molecule has 2 aromatic rings. The van der Waals surface area contributed by atoms with Gasteiger partial charge in [-0.15, -0.1) is 0 Å². The van der Waals surface area contributed by atoms with Crippen LogP contribution in [0.25, 0.3) is 10.8 Å². The Labute approximate surface area is 170 Å². The summed E-state index contributed by atoms with van der Waals surface area (Å²) in [7, 11) is 0. The van der Waals surface area contributed by atoms with Gasteiger partial charge in [-0.25, -0.2) is 0 Å². The summed E-state index contributed by atoms with van der Waals surface area (Å²) >= 11 is 0. The maximum Gasteiger partial charge on any atom is 0.233 e. The fourth-order valence-electron chi connectivity index (χ4n) is 4.43. The second-order valence-electron chi connectivity index (χ2n) is 7.75. The van der Waals surface area contributed by atoms with E-state index in [9.17, 15) is 14.4 Å². The van der Waals surface area contributed by atoms with Gasteiger partial charge in [0.15, 0.2) is 0 Å². The van der Waals surface area contributed by atoms with Gasteiger partial charge in [0.2, 0.25) is 17.7 Å². The van der Waals surface area contributed by atoms with E-state index in [4.69, 9.17) is 4.74 Å². The van der Waals surface area contributed by atoms with E-state index in [0.29, 0.717) is 13.2 Å². The van der Waals surface area contributed by atoms with E-state index in [0.717, 1.165) is 42.2 Å². The molecular weight excluding hydrogens is 368 g/mol. The van der Waals surface area contributed by atoms with E-state index in [2.05, 4.69) is 5.32 Å². The molecule has 4 rings (SSSR count). The number of ether oxygens (including phenoxy) is 1. The monoisotopic (exact) mass is 394 g/mol. The van der Waals surface area contributed by atoms with E-state index < -0.39 is 0 Å². The Morgan fingerprint density at radius 3 is 2.45 bits per heavy atom. The van der Waals surface area contributed by atoms with Gasteiger partial charge in [0, 0.05) is 18.4 Å². The van der Waals surface area contributed by atoms with Crippen molar-refractivity contribution in [3.8, 4) is 5.75 Å². The predicted octanol–water partition coefficient (Wildman–Crippen LogP) is 2.90. The molecule has 2 unspecified atom stereocenters. The number of amides is 3. The normalized spacial score (nSPS) is 21.3. The standard InChI is InChI=1S/C23H26N2O4/c26-21(12-14-25-22(27)18-9-3-4-10-19(18)23(25)28)24-13-15-29-20-11-5-7-16-6-1-2-8-17(16)20/h1-2,5-8,11,18-19H,3-4,9-10,12-15H2,(H,24,26). The number of hydrogen-bond acceptors (Lipinski definition) is 4. The van der Waals surface area contributed by atoms with Crippen LogP contribution in [-0.4, -0.2) is 42.3 Å². The van der Waals surface area contributed by atoms with E-state index in [1.54, 1.807) is 0 Å². The number of nitrogens with zero attached hydrogens (tertiary/aromatic N) is 1. The van der Waals surface area contributed by atoms with Crippen LogP contribution in [0.15, 0.2) is 42.5 Å². The van der Waals surface area contributed by atoms with Crippen molar-refractivity contribution in [2.45, 2.75) is 32.1 Å². The zero-order valence-corrected chi connectivity index (χ0v) is 16.4. The van der Waals surface area contributed by atoms with Crippen molar-refractivity contribution in [2.24, 2.45) is 11.8 Å². The zero-order chi connectivity index (χ0) is 20.2. The first-order valence-corrected chi connectivity index (χ1v) is 10.4. The van der Waals surface area contributed by atoms with E-state index in [1.165, 1.54) is 4.90 Å². The lowest BCUT2D eigenvalue weighted by atomic mass is 9.81. The summed E-state index contributed by atoms with van der Waals surface area (Å²) in [6, 6.07) is 13.9. The van der Waals surface area contributed by atoms with Gasteiger partial charge in [0.05, 0.1) is 18.4 Å². The van der Waals surface area contributed by atoms with Crippen LogP contribution in [0.1, 0.15) is 32.1 Å². The highest BCUT2D eigenvalue weighted by atomic mass is 16.5. The molecule has 1 aliphatic carbocycles. The van der Waals surface area contributed by atoms with Crippen molar-refractivity contribution in [1.29, 1.82) is 0 Å². The van der Waals surface area contributed by atoms with Crippen LogP contribution in [0.3, 0.4) is 0 Å². The van der Waals surface area contributed by atoms with Crippen LogP contribution in [0.2, 0.25) is 0 Å². The van der Waals surface area contributed by atoms with Gasteiger partial charge in [-0.1, -0.05) is 49.2 Å². The van der Waals surface area contributed by atoms with Crippen LogP contribution in [0, 0.1) is 11.8 Å². The quantitative estimate of drug-likeness (QED) is 0.579. The molecule has 6 heteroatoms. The summed E-state index contributed by atoms with van der Waals surface area (Å²) in [5.41, 5.74) is 0. The van der Waals surface area contributed by atoms with Crippen molar-refractivity contribution in [1.82, 2.24) is 10.2 Å². The summed E-state index contributed by atoms with van der Waals surface area (Å²) in [6.45, 7) is 0.890. The molecule has 0 radical (unpaired) electrons. The Kier molecular flexibility index (Phi) is 5.79. The third-order valence-electron chi connectivity index (χ3n) is 5.93. The summed E-state index contributed by atoms with van der Waals surface area (Å²) in [4.78, 5) is 38.3. The molecule has 2 fully saturated rings. The van der Waals surface area contributed by atoms with Crippen LogP contribution in [-0.2, 0) is 14.4 Å². The highest BCUT2D eigenvalue weighted by Crippen LogP contribution is 2.37. The average molecular weight is 394 g/mol. The number of nitrogens with one attached hydrogen (secondary N) is 1. The van der Waals surface area contributed by atoms with Crippen molar-refractivity contribution in [3.05, 3.63) is 42.5 Å². The molecule has 1 saturated heterocycles. The van der Waals surface area contributed by atoms with Crippen molar-refractivity contribution < 1.29 is 19.1 Å². The molecule has 6 nitrogen and oxygen atoms in total. The van der Waals surface area contributed by atoms with Gasteiger partial charge in [0.1, 0.15) is 12.4 Å². The number of rotatable bonds is 7. The molecule has 0 aromatic heterocycles. The minimum Gasteiger partial charge on any atom is -0.491 e. The second kappa shape index (κ2) is 8.64. The SMILES string of the molecule is O=C(CCN1C(=O)C2CCCCC2C1=O)NCCOc1cccc2ccccc12. The Balaban J connectivity index is 1.22. The molecule has 152 valence electrons. The molecule has 1 aliphatic heterocycles. The van der Waals surface area contributed by atoms with Gasteiger partial charge in [-0.2, -0.15) is 0 Å². The van der Waals surface area contributed by atoms with Crippen LogP contribution in [0.5, 0.6) is 5.75 Å². The number of hydrogen-bond donors (Lipinski definition) is 1. The number of imide groups is 1. The van der Waals surface area contributed by atoms with Crippen molar-refractivity contribution in [3.63, 3.8) is 0 Å². The van der Waals surface area contributed by atoms with Crippen molar-refractivity contribution in [2.75, 3.05) is 19.7 Å². The highest BCUT2D eigenvalue weighted by Gasteiger charge is 2.47. The minimum absolute atomic E-state index is 0.0909. The number of likely N-dealkylation sites (tertiary alicyclic amines) is 1. The second-order valence-corrected chi connectivity index (χ2v) is 7.75. The zero-order valence-electron chi connectivity index (χ0n) is 16.4. The lowest BCUT2D eigenvalue weighted by Gasteiger charge is -2.19. The number of carbonyl (C=O) groups excluding carboxylic acids is 3. The smallest absolute Gasteiger partial charge is 0.233 e. The third-order valence-corrected chi connectivity index (χ3v) is 5.93. The van der Waals surface area contributed by atoms with Gasteiger partial charge in [-0.05, 0) is 24.3 Å². The fraction of sp³-hybridized carbons (Fsp3) is 0.435. The molecule has 2 aliphatic rings. The van der Waals surface area contributed by atoms with Gasteiger partial charge < -0.3 is 10.1 Å². The molecule has 3 amide bonds. The van der Waals surface area contributed by atoms with Crippen molar-refractivity contribution >= 4 is 28.5 Å². The summed E-state index contributed by atoms with van der Waals surface area (Å²) < 4.78 is 5.81. The van der Waals surface area contributed by atoms with Crippen LogP contribution < -0.4 is 10.1 Å². The number of fused-ring (bicyclic) bond motifs is 2. The number of carbonyl (C=O) groups is 3. The van der Waals surface area contributed by atoms with Crippen LogP contribution in [0.4, 0.5) is 0 Å². The minimum atomic E-state index is -0.179. The molecule has 1 N–H and O–H groups in total. The molecular formula is C23H26N2O4. The van der Waals surface area contributed by atoms with Crippen LogP contribution >= 0.6 is 0 Å². The van der Waals surface area contributed by atoms with Gasteiger partial charge >= 0.3 is 0 Å². The summed E-state index contributed by atoms with van der Waals surface area (Å²) in [5, 5.41) is 4.95. The Morgan fingerprint density at radius 2 is 1.69 bits per heavy atom. The first-order chi connectivity index (χ1) is 14.1. The van der Waals surface area contributed by atoms with Gasteiger partial charge in [0.25, 0.3) is 0 Å². The average Bonchev–Trinajstić information content (AvgIpc) is 3.00. The Bertz CT molecular complexity index is 897. The first kappa shape index (κ1) is 19.4. The summed E-state index contributed by atoms with van der Waals surface area (Å²) in [6.07, 6.45) is 3.73. The third kappa shape index (κ3) is 4.11. The molecule has 29 heavy (non-hydrogen) atoms. The lowest BCUT2D eigenvalue weighted by molar-refractivity contribution is -0.140. The van der Waals surface area contributed by atoms with E-state index in [-0.39, 0.29) is 42.5 Å². The molecule has 1 heterocycles. The fourth-order valence-corrected chi connectivity index (χ4v) is 4.43. The highest BCUT2D eigenvalue weighted by molar-refractivity contribution is 6.05. The Morgan fingerprint density at radius 1 is 1.00 bits per heavy atom. The maximum absolute atomic E-state index is 12.4. The largest absolute Gasteiger partial charge is 0.491 e. The van der Waals surface area contributed by atoms with E-state index in [1.807, 2.05) is 42.5 Å². The lowest BCUT2D eigenvalue weighted by Crippen LogP contribution is -2.36. The summed E-state index contributed by atoms with van der Waals surface area (Å²) in [5.74, 6) is 0.107.